The predicted molar refractivity (Wildman–Crippen MR) is 117 cm³/mol. The zero-order chi connectivity index (χ0) is 20.9. The molecule has 7 nitrogen and oxygen atoms in total. The van der Waals surface area contributed by atoms with Crippen molar-refractivity contribution in [3.8, 4) is 5.95 Å². The summed E-state index contributed by atoms with van der Waals surface area (Å²) < 4.78 is 2.08. The summed E-state index contributed by atoms with van der Waals surface area (Å²) in [5.74, 6) is 1.17. The molecule has 2 saturated heterocycles. The molecular formula is C23H34N6O. The van der Waals surface area contributed by atoms with E-state index in [2.05, 4.69) is 41.8 Å². The number of carbonyl (C=O) groups excluding carboxylic acids is 1. The highest BCUT2D eigenvalue weighted by molar-refractivity contribution is 5.78. The minimum Gasteiger partial charge on any atom is -0.354 e. The Morgan fingerprint density at radius 3 is 2.43 bits per heavy atom. The number of rotatable bonds is 6. The molecule has 7 heteroatoms. The summed E-state index contributed by atoms with van der Waals surface area (Å²) in [7, 11) is 0. The second kappa shape index (κ2) is 9.71. The predicted octanol–water partition coefficient (Wildman–Crippen LogP) is 2.47. The zero-order valence-electron chi connectivity index (χ0n) is 18.2. The van der Waals surface area contributed by atoms with Crippen molar-refractivity contribution in [2.45, 2.75) is 58.2 Å². The number of carbonyl (C=O) groups is 1. The highest BCUT2D eigenvalue weighted by atomic mass is 16.1. The molecule has 0 saturated carbocycles. The van der Waals surface area contributed by atoms with Gasteiger partial charge in [0, 0.05) is 61.9 Å². The van der Waals surface area contributed by atoms with Gasteiger partial charge in [-0.15, -0.1) is 0 Å². The first kappa shape index (κ1) is 21.0. The Morgan fingerprint density at radius 1 is 1.07 bits per heavy atom. The average Bonchev–Trinajstić information content (AvgIpc) is 3.23. The molecule has 4 rings (SSSR count). The quantitative estimate of drug-likeness (QED) is 0.793. The van der Waals surface area contributed by atoms with Crippen molar-refractivity contribution in [2.24, 2.45) is 5.92 Å². The molecule has 1 amide bonds. The van der Waals surface area contributed by atoms with Crippen LogP contribution in [0.15, 0.2) is 36.8 Å². The van der Waals surface area contributed by atoms with Gasteiger partial charge in [-0.1, -0.05) is 0 Å². The molecule has 162 valence electrons. The van der Waals surface area contributed by atoms with Gasteiger partial charge in [-0.05, 0) is 70.8 Å². The number of piperidine rings is 2. The topological polar surface area (TPSA) is 66.3 Å². The fourth-order valence-electron chi connectivity index (χ4n) is 4.76. The third kappa shape index (κ3) is 5.08. The largest absolute Gasteiger partial charge is 0.354 e. The van der Waals surface area contributed by atoms with E-state index in [1.807, 2.05) is 26.1 Å². The highest BCUT2D eigenvalue weighted by Gasteiger charge is 2.31. The molecule has 2 aliphatic heterocycles. The molecule has 4 heterocycles. The number of hydrogen-bond donors (Lipinski definition) is 1. The number of hydrogen-bond acceptors (Lipinski definition) is 5. The van der Waals surface area contributed by atoms with E-state index >= 15 is 0 Å². The van der Waals surface area contributed by atoms with Crippen molar-refractivity contribution in [3.63, 3.8) is 0 Å². The van der Waals surface area contributed by atoms with E-state index in [0.717, 1.165) is 51.5 Å². The summed E-state index contributed by atoms with van der Waals surface area (Å²) in [6.45, 7) is 9.31. The lowest BCUT2D eigenvalue weighted by molar-refractivity contribution is -0.127. The fraction of sp³-hybridized carbons (Fsp3) is 0.609. The maximum absolute atomic E-state index is 12.3. The van der Waals surface area contributed by atoms with Crippen LogP contribution in [-0.4, -0.2) is 68.5 Å². The molecule has 2 aliphatic rings. The third-order valence-corrected chi connectivity index (χ3v) is 6.39. The van der Waals surface area contributed by atoms with Gasteiger partial charge in [0.1, 0.15) is 0 Å². The number of amides is 1. The minimum atomic E-state index is 0.191. The van der Waals surface area contributed by atoms with Crippen LogP contribution in [0.5, 0.6) is 0 Å². The molecule has 0 spiro atoms. The van der Waals surface area contributed by atoms with Crippen LogP contribution in [0.2, 0.25) is 0 Å². The van der Waals surface area contributed by atoms with Crippen LogP contribution in [0, 0.1) is 5.92 Å². The van der Waals surface area contributed by atoms with Crippen LogP contribution < -0.4 is 5.32 Å². The first-order chi connectivity index (χ1) is 14.6. The molecule has 30 heavy (non-hydrogen) atoms. The summed E-state index contributed by atoms with van der Waals surface area (Å²) in [5.41, 5.74) is 1.23. The Balaban J connectivity index is 1.25. The third-order valence-electron chi connectivity index (χ3n) is 6.39. The molecule has 2 aromatic rings. The Morgan fingerprint density at radius 2 is 1.77 bits per heavy atom. The van der Waals surface area contributed by atoms with Crippen LogP contribution in [0.1, 0.15) is 45.2 Å². The smallest absolute Gasteiger partial charge is 0.233 e. The fourth-order valence-corrected chi connectivity index (χ4v) is 4.76. The maximum Gasteiger partial charge on any atom is 0.233 e. The van der Waals surface area contributed by atoms with Gasteiger partial charge in [0.05, 0.1) is 0 Å². The number of likely N-dealkylation sites (tertiary alicyclic amines) is 2. The lowest BCUT2D eigenvalue weighted by Crippen LogP contribution is -2.49. The summed E-state index contributed by atoms with van der Waals surface area (Å²) in [5, 5.41) is 3.07. The monoisotopic (exact) mass is 410 g/mol. The first-order valence-corrected chi connectivity index (χ1v) is 11.3. The molecule has 0 unspecified atom stereocenters. The second-order valence-electron chi connectivity index (χ2n) is 8.90. The van der Waals surface area contributed by atoms with E-state index < -0.39 is 0 Å². The van der Waals surface area contributed by atoms with E-state index in [4.69, 9.17) is 0 Å². The molecule has 0 radical (unpaired) electrons. The molecule has 0 atom stereocenters. The second-order valence-corrected chi connectivity index (χ2v) is 8.90. The van der Waals surface area contributed by atoms with Gasteiger partial charge in [-0.25, -0.2) is 9.97 Å². The lowest BCUT2D eigenvalue weighted by atomic mass is 9.92. The van der Waals surface area contributed by atoms with Gasteiger partial charge in [-0.2, -0.15) is 0 Å². The van der Waals surface area contributed by atoms with E-state index in [9.17, 15) is 4.79 Å². The van der Waals surface area contributed by atoms with Gasteiger partial charge in [0.15, 0.2) is 0 Å². The van der Waals surface area contributed by atoms with Gasteiger partial charge >= 0.3 is 0 Å². The van der Waals surface area contributed by atoms with Crippen LogP contribution in [0.3, 0.4) is 0 Å². The number of nitrogens with one attached hydrogen (secondary N) is 1. The van der Waals surface area contributed by atoms with Crippen molar-refractivity contribution in [1.82, 2.24) is 29.7 Å². The Hall–Kier alpha value is -2.25. The van der Waals surface area contributed by atoms with Crippen LogP contribution in [0.4, 0.5) is 0 Å². The Labute approximate surface area is 179 Å². The molecule has 0 bridgehead atoms. The lowest BCUT2D eigenvalue weighted by Gasteiger charge is -2.41. The molecule has 0 aromatic carbocycles. The summed E-state index contributed by atoms with van der Waals surface area (Å²) in [4.78, 5) is 26.2. The summed E-state index contributed by atoms with van der Waals surface area (Å²) >= 11 is 0. The Bertz CT molecular complexity index is 804. The normalized spacial score (nSPS) is 20.0. The van der Waals surface area contributed by atoms with Gasteiger partial charge in [0.2, 0.25) is 11.9 Å². The van der Waals surface area contributed by atoms with Gasteiger partial charge in [0.25, 0.3) is 0 Å². The van der Waals surface area contributed by atoms with Crippen molar-refractivity contribution >= 4 is 5.91 Å². The van der Waals surface area contributed by atoms with Crippen LogP contribution >= 0.6 is 0 Å². The highest BCUT2D eigenvalue weighted by Crippen LogP contribution is 2.25. The molecule has 0 aliphatic carbocycles. The van der Waals surface area contributed by atoms with E-state index in [0.29, 0.717) is 6.04 Å². The van der Waals surface area contributed by atoms with Crippen LogP contribution in [-0.2, 0) is 11.3 Å². The van der Waals surface area contributed by atoms with Crippen LogP contribution in [0.25, 0.3) is 5.95 Å². The van der Waals surface area contributed by atoms with E-state index in [1.54, 1.807) is 12.4 Å². The molecule has 2 fully saturated rings. The molecule has 2 aromatic heterocycles. The average molecular weight is 411 g/mol. The number of aromatic nitrogens is 3. The SMILES string of the molecule is CC(C)NC(=O)C1CCN(C2CCN(Cc3cccn3-c3ncccn3)CC2)CC1. The summed E-state index contributed by atoms with van der Waals surface area (Å²) in [6, 6.07) is 6.96. The maximum atomic E-state index is 12.3. The Kier molecular flexibility index (Phi) is 6.79. The van der Waals surface area contributed by atoms with Crippen molar-refractivity contribution in [1.29, 1.82) is 0 Å². The molecular weight excluding hydrogens is 376 g/mol. The van der Waals surface area contributed by atoms with E-state index in [-0.39, 0.29) is 17.9 Å². The van der Waals surface area contributed by atoms with Gasteiger partial charge < -0.3 is 10.2 Å². The van der Waals surface area contributed by atoms with Crippen molar-refractivity contribution < 1.29 is 4.79 Å². The minimum absolute atomic E-state index is 0.191. The standard InChI is InChI=1S/C23H34N6O/c1-18(2)26-22(30)19-6-15-28(16-7-19)20-8-13-27(14-9-20)17-21-5-3-12-29(21)23-24-10-4-11-25-23/h3-5,10-12,18-20H,6-9,13-17H2,1-2H3,(H,26,30). The molecule has 1 N–H and O–H groups in total. The van der Waals surface area contributed by atoms with Crippen molar-refractivity contribution in [2.75, 3.05) is 26.2 Å². The number of nitrogens with zero attached hydrogens (tertiary/aromatic N) is 5. The van der Waals surface area contributed by atoms with E-state index in [1.165, 1.54) is 18.5 Å². The van der Waals surface area contributed by atoms with Crippen molar-refractivity contribution in [3.05, 3.63) is 42.5 Å². The van der Waals surface area contributed by atoms with Gasteiger partial charge in [-0.3, -0.25) is 14.3 Å². The summed E-state index contributed by atoms with van der Waals surface area (Å²) in [6.07, 6.45) is 9.99. The first-order valence-electron chi connectivity index (χ1n) is 11.3. The zero-order valence-corrected chi connectivity index (χ0v) is 18.2.